The average molecular weight is 191 g/mol. The molecule has 0 spiro atoms. The summed E-state index contributed by atoms with van der Waals surface area (Å²) in [4.78, 5) is 0. The topological polar surface area (TPSA) is 3.24 Å². The van der Waals surface area contributed by atoms with E-state index in [4.69, 9.17) is 16.0 Å². The van der Waals surface area contributed by atoms with Crippen LogP contribution in [0.5, 0.6) is 0 Å². The Kier molecular flexibility index (Phi) is 4.04. The third kappa shape index (κ3) is 2.66. The van der Waals surface area contributed by atoms with Crippen molar-refractivity contribution in [1.29, 1.82) is 0 Å². The van der Waals surface area contributed by atoms with Crippen LogP contribution < -0.4 is 0 Å². The normalized spacial score (nSPS) is 10.8. The van der Waals surface area contributed by atoms with Crippen LogP contribution in [-0.4, -0.2) is 20.7 Å². The van der Waals surface area contributed by atoms with Gasteiger partial charge in [-0.2, -0.15) is 0 Å². The molecule has 15 heavy (non-hydrogen) atoms. The molecule has 0 N–H and O–H groups in total. The Balaban J connectivity index is 3.28. The van der Waals surface area contributed by atoms with E-state index >= 15 is 0 Å². The maximum absolute atomic E-state index is 5.54. The first-order chi connectivity index (χ1) is 7.20. The molecule has 1 nitrogen and oxygen atoms in total. The Labute approximate surface area is 93.7 Å². The SMILES string of the molecule is [B]N([B])/C(=C/C=C)c1ccccc1C=C. The van der Waals surface area contributed by atoms with Gasteiger partial charge in [0, 0.05) is 11.3 Å². The third-order valence-electron chi connectivity index (χ3n) is 2.01. The summed E-state index contributed by atoms with van der Waals surface area (Å²) in [5, 5.41) is 0. The van der Waals surface area contributed by atoms with Gasteiger partial charge < -0.3 is 4.72 Å². The summed E-state index contributed by atoms with van der Waals surface area (Å²) < 4.78 is 1.07. The molecule has 0 fully saturated rings. The zero-order valence-electron chi connectivity index (χ0n) is 8.56. The van der Waals surface area contributed by atoms with Crippen molar-refractivity contribution in [3.05, 3.63) is 60.7 Å². The van der Waals surface area contributed by atoms with Crippen molar-refractivity contribution < 1.29 is 0 Å². The van der Waals surface area contributed by atoms with Gasteiger partial charge >= 0.3 is 0 Å². The lowest BCUT2D eigenvalue weighted by atomic mass is 9.98. The third-order valence-corrected chi connectivity index (χ3v) is 2.01. The number of hydrogen-bond donors (Lipinski definition) is 0. The quantitative estimate of drug-likeness (QED) is 0.521. The molecule has 0 unspecified atom stereocenters. The predicted molar refractivity (Wildman–Crippen MR) is 68.1 cm³/mol. The van der Waals surface area contributed by atoms with Crippen LogP contribution in [0.25, 0.3) is 11.8 Å². The van der Waals surface area contributed by atoms with Gasteiger partial charge in [-0.25, -0.2) is 0 Å². The van der Waals surface area contributed by atoms with Gasteiger partial charge in [-0.15, -0.1) is 0 Å². The Hall–Kier alpha value is -1.63. The lowest BCUT2D eigenvalue weighted by Gasteiger charge is -2.20. The summed E-state index contributed by atoms with van der Waals surface area (Å²) in [7, 11) is 11.1. The summed E-state index contributed by atoms with van der Waals surface area (Å²) in [6, 6.07) is 7.73. The standard InChI is InChI=1S/C12H11B2N/c1-3-7-12(15(13)14)11-9-6-5-8-10(11)4-2/h3-9H,1-2H2/b12-7+. The highest BCUT2D eigenvalue weighted by molar-refractivity contribution is 6.30. The van der Waals surface area contributed by atoms with Crippen LogP contribution in [0.2, 0.25) is 0 Å². The van der Waals surface area contributed by atoms with Crippen LogP contribution in [0.4, 0.5) is 0 Å². The van der Waals surface area contributed by atoms with Gasteiger partial charge in [0.05, 0.1) is 0 Å². The summed E-state index contributed by atoms with van der Waals surface area (Å²) in [5.41, 5.74) is 2.60. The predicted octanol–water partition coefficient (Wildman–Crippen LogP) is 2.33. The monoisotopic (exact) mass is 191 g/mol. The molecule has 0 atom stereocenters. The molecule has 0 aliphatic rings. The van der Waals surface area contributed by atoms with E-state index in [1.807, 2.05) is 24.3 Å². The maximum Gasteiger partial charge on any atom is 0.209 e. The van der Waals surface area contributed by atoms with E-state index in [1.54, 1.807) is 18.2 Å². The van der Waals surface area contributed by atoms with E-state index in [1.165, 1.54) is 0 Å². The van der Waals surface area contributed by atoms with Crippen LogP contribution in [0.15, 0.2) is 49.6 Å². The van der Waals surface area contributed by atoms with E-state index in [2.05, 4.69) is 13.2 Å². The first-order valence-electron chi connectivity index (χ1n) is 4.54. The lowest BCUT2D eigenvalue weighted by Crippen LogP contribution is -2.14. The van der Waals surface area contributed by atoms with Crippen molar-refractivity contribution in [2.24, 2.45) is 0 Å². The van der Waals surface area contributed by atoms with E-state index in [-0.39, 0.29) is 0 Å². The second-order valence-corrected chi connectivity index (χ2v) is 2.99. The molecule has 70 valence electrons. The minimum absolute atomic E-state index is 0.695. The number of hydrogen-bond acceptors (Lipinski definition) is 1. The van der Waals surface area contributed by atoms with Gasteiger partial charge in [-0.3, -0.25) is 0 Å². The highest BCUT2D eigenvalue weighted by atomic mass is 14.9. The van der Waals surface area contributed by atoms with Gasteiger partial charge in [-0.05, 0) is 11.6 Å². The van der Waals surface area contributed by atoms with Gasteiger partial charge in [0.25, 0.3) is 0 Å². The second kappa shape index (κ2) is 5.30. The Bertz CT molecular complexity index is 394. The number of benzene rings is 1. The Morgan fingerprint density at radius 3 is 2.40 bits per heavy atom. The second-order valence-electron chi connectivity index (χ2n) is 2.99. The lowest BCUT2D eigenvalue weighted by molar-refractivity contribution is 1.02. The van der Waals surface area contributed by atoms with Crippen LogP contribution in [0.3, 0.4) is 0 Å². The van der Waals surface area contributed by atoms with Gasteiger partial charge in [0.1, 0.15) is 0 Å². The van der Waals surface area contributed by atoms with Crippen molar-refractivity contribution in [3.8, 4) is 0 Å². The summed E-state index contributed by atoms with van der Waals surface area (Å²) >= 11 is 0. The number of rotatable bonds is 4. The van der Waals surface area contributed by atoms with Crippen LogP contribution in [0, 0.1) is 0 Å². The fourth-order valence-corrected chi connectivity index (χ4v) is 1.33. The minimum Gasteiger partial charge on any atom is -0.478 e. The zero-order valence-corrected chi connectivity index (χ0v) is 8.56. The highest BCUT2D eigenvalue weighted by Gasteiger charge is 2.05. The number of nitrogens with zero attached hydrogens (tertiary/aromatic N) is 1. The van der Waals surface area contributed by atoms with E-state index in [0.29, 0.717) is 5.70 Å². The summed E-state index contributed by atoms with van der Waals surface area (Å²) in [6.07, 6.45) is 5.15. The molecule has 0 heterocycles. The van der Waals surface area contributed by atoms with Gasteiger partial charge in [-0.1, -0.05) is 49.6 Å². The molecule has 0 bridgehead atoms. The largest absolute Gasteiger partial charge is 0.478 e. The molecule has 0 aliphatic carbocycles. The molecule has 1 rings (SSSR count). The number of allylic oxidation sites excluding steroid dienone is 2. The van der Waals surface area contributed by atoms with E-state index in [0.717, 1.165) is 15.8 Å². The molecule has 0 amide bonds. The molecule has 0 saturated heterocycles. The average Bonchev–Trinajstić information content (AvgIpc) is 2.25. The molecule has 0 saturated carbocycles. The van der Waals surface area contributed by atoms with E-state index < -0.39 is 0 Å². The van der Waals surface area contributed by atoms with Crippen molar-refractivity contribution in [3.63, 3.8) is 0 Å². The molecule has 1 aromatic rings. The van der Waals surface area contributed by atoms with Crippen molar-refractivity contribution in [2.45, 2.75) is 0 Å². The molecular formula is C12H11B2N. The van der Waals surface area contributed by atoms with Crippen molar-refractivity contribution in [2.75, 3.05) is 0 Å². The fraction of sp³-hybridized carbons (Fsp3) is 0. The van der Waals surface area contributed by atoms with Crippen molar-refractivity contribution >= 4 is 27.7 Å². The Morgan fingerprint density at radius 2 is 1.87 bits per heavy atom. The van der Waals surface area contributed by atoms with Crippen LogP contribution in [0.1, 0.15) is 11.1 Å². The summed E-state index contributed by atoms with van der Waals surface area (Å²) in [5.74, 6) is 0. The Morgan fingerprint density at radius 1 is 1.20 bits per heavy atom. The van der Waals surface area contributed by atoms with Crippen molar-refractivity contribution in [1.82, 2.24) is 4.72 Å². The van der Waals surface area contributed by atoms with Gasteiger partial charge in [0.2, 0.25) is 16.0 Å². The molecule has 4 radical (unpaired) electrons. The van der Waals surface area contributed by atoms with Crippen LogP contribution >= 0.6 is 0 Å². The van der Waals surface area contributed by atoms with E-state index in [9.17, 15) is 0 Å². The first kappa shape index (κ1) is 11.4. The molecule has 0 aromatic heterocycles. The summed E-state index contributed by atoms with van der Waals surface area (Å²) in [6.45, 7) is 7.36. The molecule has 1 aromatic carbocycles. The van der Waals surface area contributed by atoms with Crippen LogP contribution in [-0.2, 0) is 0 Å². The molecule has 3 heteroatoms. The minimum atomic E-state index is 0.695. The first-order valence-corrected chi connectivity index (χ1v) is 4.54. The molecule has 0 aliphatic heterocycles. The fourth-order valence-electron chi connectivity index (χ4n) is 1.33. The smallest absolute Gasteiger partial charge is 0.209 e. The van der Waals surface area contributed by atoms with Gasteiger partial charge in [0.15, 0.2) is 0 Å². The highest BCUT2D eigenvalue weighted by Crippen LogP contribution is 2.21. The molecular weight excluding hydrogens is 180 g/mol. The maximum atomic E-state index is 5.54. The zero-order chi connectivity index (χ0) is 11.3.